The maximum atomic E-state index is 12.9. The van der Waals surface area contributed by atoms with Crippen LogP contribution in [0.2, 0.25) is 0 Å². The van der Waals surface area contributed by atoms with E-state index in [4.69, 9.17) is 32.3 Å². The Kier molecular flexibility index (Phi) is 57.4. The molecule has 0 aromatic rings. The highest BCUT2D eigenvalue weighted by atomic mass is 31.2. The van der Waals surface area contributed by atoms with Gasteiger partial charge in [-0.15, -0.1) is 0 Å². The molecule has 0 aromatic heterocycles. The number of ether oxygens (including phenoxy) is 3. The van der Waals surface area contributed by atoms with Gasteiger partial charge in [0.25, 0.3) is 0 Å². The predicted molar refractivity (Wildman–Crippen MR) is 343 cm³/mol. The Labute approximate surface area is 512 Å². The van der Waals surface area contributed by atoms with Gasteiger partial charge in [-0.25, -0.2) is 9.13 Å². The van der Waals surface area contributed by atoms with Gasteiger partial charge in [0.15, 0.2) is 6.10 Å². The Balaban J connectivity index is 4.71. The summed E-state index contributed by atoms with van der Waals surface area (Å²) in [5.41, 5.74) is 0. The number of carbonyl (C=O) groups excluding carboxylic acids is 3. The molecule has 0 heterocycles. The molecule has 18 heteroatoms. The van der Waals surface area contributed by atoms with Crippen molar-refractivity contribution in [3.8, 4) is 0 Å². The Morgan fingerprint density at radius 2 is 0.624 bits per heavy atom. The lowest BCUT2D eigenvalue weighted by Crippen LogP contribution is -2.30. The molecule has 16 nitrogen and oxygen atoms in total. The molecule has 0 aliphatic carbocycles. The largest absolute Gasteiger partial charge is 0.472 e. The quantitative estimate of drug-likeness (QED) is 0.0146. The van der Waals surface area contributed by atoms with Crippen LogP contribution in [0.3, 0.4) is 0 Å². The highest BCUT2D eigenvalue weighted by Crippen LogP contribution is 2.45. The fourth-order valence-corrected chi connectivity index (χ4v) is 9.41. The molecule has 0 aliphatic rings. The molecule has 0 aromatic carbocycles. The lowest BCUT2D eigenvalue weighted by Gasteiger charge is -2.21. The van der Waals surface area contributed by atoms with Gasteiger partial charge >= 0.3 is 33.6 Å². The first-order chi connectivity index (χ1) is 41.2. The van der Waals surface area contributed by atoms with Crippen molar-refractivity contribution in [2.24, 2.45) is 0 Å². The van der Waals surface area contributed by atoms with Crippen molar-refractivity contribution in [2.75, 3.05) is 39.6 Å². The lowest BCUT2D eigenvalue weighted by molar-refractivity contribution is -0.161. The SMILES string of the molecule is CC/C=C\C/C=C\C/C=C\C/C=C\C/C=C\CCCCCC(=O)OCC(O)COP(=O)(O)OCC(O)COP(=O)(O)OCC(COC(=O)CCCCCCCCC/C=C\C/C=C\C/C=C\CC)OC(=O)CCCCCCC/C=C\C/C=C\CCC. The third-order valence-electron chi connectivity index (χ3n) is 12.6. The summed E-state index contributed by atoms with van der Waals surface area (Å²) in [5, 5.41) is 20.5. The van der Waals surface area contributed by atoms with E-state index in [9.17, 15) is 43.5 Å². The van der Waals surface area contributed by atoms with Gasteiger partial charge in [0.2, 0.25) is 0 Å². The van der Waals surface area contributed by atoms with Gasteiger partial charge in [0.1, 0.15) is 25.4 Å². The smallest absolute Gasteiger partial charge is 0.463 e. The number of aliphatic hydroxyl groups excluding tert-OH is 2. The van der Waals surface area contributed by atoms with Crippen molar-refractivity contribution in [1.82, 2.24) is 0 Å². The van der Waals surface area contributed by atoms with Crippen LogP contribution in [-0.4, -0.2) is 95.9 Å². The van der Waals surface area contributed by atoms with Gasteiger partial charge in [-0.05, 0) is 122 Å². The number of aliphatic hydroxyl groups is 2. The van der Waals surface area contributed by atoms with Crippen molar-refractivity contribution in [3.63, 3.8) is 0 Å². The predicted octanol–water partition coefficient (Wildman–Crippen LogP) is 17.1. The number of phosphoric acid groups is 2. The van der Waals surface area contributed by atoms with Crippen LogP contribution in [0, 0.1) is 0 Å². The number of esters is 3. The Bertz CT molecular complexity index is 2040. The zero-order chi connectivity index (χ0) is 62.4. The van der Waals surface area contributed by atoms with Crippen molar-refractivity contribution in [3.05, 3.63) is 122 Å². The minimum absolute atomic E-state index is 0.0821. The molecule has 0 amide bonds. The van der Waals surface area contributed by atoms with Crippen LogP contribution >= 0.6 is 15.6 Å². The second-order valence-electron chi connectivity index (χ2n) is 20.8. The van der Waals surface area contributed by atoms with Crippen LogP contribution in [0.4, 0.5) is 0 Å². The minimum atomic E-state index is -4.93. The zero-order valence-electron chi connectivity index (χ0n) is 52.2. The number of rotatable bonds is 59. The van der Waals surface area contributed by atoms with Crippen LogP contribution < -0.4 is 0 Å². The molecule has 5 unspecified atom stereocenters. The van der Waals surface area contributed by atoms with Gasteiger partial charge < -0.3 is 34.2 Å². The first-order valence-corrected chi connectivity index (χ1v) is 34.8. The first-order valence-electron chi connectivity index (χ1n) is 31.8. The van der Waals surface area contributed by atoms with E-state index in [1.54, 1.807) is 0 Å². The molecule has 486 valence electrons. The van der Waals surface area contributed by atoms with Gasteiger partial charge in [0, 0.05) is 19.3 Å². The molecule has 0 saturated heterocycles. The fraction of sp³-hybridized carbons (Fsp3) is 0.657. The monoisotopic (exact) mass is 1230 g/mol. The molecule has 0 saturated carbocycles. The standard InChI is InChI=1S/C67H112O16P2/c1-4-7-10-13-16-19-22-25-27-29-30-32-34-36-38-41-44-47-50-53-65(70)77-56-62(68)57-79-84(73,74)80-58-63(69)59-81-85(75,76)82-61-64(83-67(72)55-52-49-46-43-40-35-24-21-18-15-12-9-6-3)60-78-66(71)54-51-48-45-42-39-37-33-31-28-26-23-20-17-14-11-8-5-2/h7-8,10-12,15-17,19-21,24-28,30,32,36,38,62-64,68-69H,4-6,9,13-14,18,22-23,29,31,33-35,37,39-61H2,1-3H3,(H,73,74)(H,75,76)/b10-7-,11-8-,15-12-,19-16-,20-17-,24-21-,27-25-,28-26-,32-30-,38-36-. The van der Waals surface area contributed by atoms with Crippen molar-refractivity contribution in [1.29, 1.82) is 0 Å². The maximum Gasteiger partial charge on any atom is 0.472 e. The Hall–Kier alpha value is -4.05. The van der Waals surface area contributed by atoms with E-state index >= 15 is 0 Å². The summed E-state index contributed by atoms with van der Waals surface area (Å²) < 4.78 is 60.7. The summed E-state index contributed by atoms with van der Waals surface area (Å²) in [4.78, 5) is 58.2. The van der Waals surface area contributed by atoms with Gasteiger partial charge in [-0.2, -0.15) is 0 Å². The summed E-state index contributed by atoms with van der Waals surface area (Å²) in [6.07, 6.45) is 66.9. The van der Waals surface area contributed by atoms with Gasteiger partial charge in [0.05, 0.1) is 26.4 Å². The molecule has 0 spiro atoms. The summed E-state index contributed by atoms with van der Waals surface area (Å²) >= 11 is 0. The van der Waals surface area contributed by atoms with Crippen molar-refractivity contribution in [2.45, 2.75) is 245 Å². The van der Waals surface area contributed by atoms with Crippen LogP contribution in [0.25, 0.3) is 0 Å². The lowest BCUT2D eigenvalue weighted by atomic mass is 10.1. The van der Waals surface area contributed by atoms with E-state index < -0.39 is 91.5 Å². The van der Waals surface area contributed by atoms with Crippen molar-refractivity contribution < 1.29 is 75.8 Å². The van der Waals surface area contributed by atoms with E-state index in [2.05, 4.69) is 142 Å². The molecule has 0 aliphatic heterocycles. The second-order valence-corrected chi connectivity index (χ2v) is 23.7. The summed E-state index contributed by atoms with van der Waals surface area (Å²) in [7, 11) is -9.79. The van der Waals surface area contributed by atoms with E-state index in [1.807, 2.05) is 0 Å². The first kappa shape index (κ1) is 81.0. The summed E-state index contributed by atoms with van der Waals surface area (Å²) in [6.45, 7) is 2.28. The zero-order valence-corrected chi connectivity index (χ0v) is 54.0. The normalized spacial score (nSPS) is 15.1. The molecule has 5 atom stereocenters. The van der Waals surface area contributed by atoms with Crippen LogP contribution in [0.1, 0.15) is 226 Å². The average molecular weight is 1240 g/mol. The molecular formula is C67H112O16P2. The van der Waals surface area contributed by atoms with Gasteiger partial charge in [-0.3, -0.25) is 32.5 Å². The third-order valence-corrected chi connectivity index (χ3v) is 14.5. The van der Waals surface area contributed by atoms with Crippen LogP contribution in [0.5, 0.6) is 0 Å². The number of unbranched alkanes of at least 4 members (excludes halogenated alkanes) is 16. The van der Waals surface area contributed by atoms with Gasteiger partial charge in [-0.1, -0.05) is 206 Å². The summed E-state index contributed by atoms with van der Waals surface area (Å²) in [5.74, 6) is -1.64. The number of hydrogen-bond donors (Lipinski definition) is 4. The molecular weight excluding hydrogens is 1120 g/mol. The number of phosphoric ester groups is 2. The average Bonchev–Trinajstić information content (AvgIpc) is 3.51. The second kappa shape index (κ2) is 60.2. The van der Waals surface area contributed by atoms with E-state index in [0.29, 0.717) is 19.3 Å². The molecule has 85 heavy (non-hydrogen) atoms. The Morgan fingerprint density at radius 3 is 1.00 bits per heavy atom. The topological polar surface area (TPSA) is 231 Å². The minimum Gasteiger partial charge on any atom is -0.463 e. The maximum absolute atomic E-state index is 12.9. The summed E-state index contributed by atoms with van der Waals surface area (Å²) in [6, 6.07) is 0. The number of allylic oxidation sites excluding steroid dienone is 20. The highest BCUT2D eigenvalue weighted by molar-refractivity contribution is 7.47. The third kappa shape index (κ3) is 61.4. The van der Waals surface area contributed by atoms with E-state index in [-0.39, 0.29) is 19.3 Å². The van der Waals surface area contributed by atoms with Crippen molar-refractivity contribution >= 4 is 33.6 Å². The molecule has 0 rings (SSSR count). The number of carbonyl (C=O) groups is 3. The fourth-order valence-electron chi connectivity index (χ4n) is 7.82. The van der Waals surface area contributed by atoms with E-state index in [0.717, 1.165) is 167 Å². The molecule has 4 N–H and O–H groups in total. The highest BCUT2D eigenvalue weighted by Gasteiger charge is 2.29. The molecule has 0 bridgehead atoms. The van der Waals surface area contributed by atoms with E-state index in [1.165, 1.54) is 0 Å². The van der Waals surface area contributed by atoms with Crippen LogP contribution in [-0.2, 0) is 55.8 Å². The molecule has 0 radical (unpaired) electrons. The number of hydrogen-bond acceptors (Lipinski definition) is 14. The van der Waals surface area contributed by atoms with Crippen LogP contribution in [0.15, 0.2) is 122 Å². The Morgan fingerprint density at radius 1 is 0.341 bits per heavy atom. The molecule has 0 fully saturated rings.